The van der Waals surface area contributed by atoms with Gasteiger partial charge in [-0.25, -0.2) is 8.42 Å². The van der Waals surface area contributed by atoms with Crippen LogP contribution in [-0.2, 0) is 10.0 Å². The third-order valence-corrected chi connectivity index (χ3v) is 4.73. The van der Waals surface area contributed by atoms with Crippen LogP contribution in [0.5, 0.6) is 0 Å². The first-order chi connectivity index (χ1) is 10.6. The van der Waals surface area contributed by atoms with Gasteiger partial charge < -0.3 is 0 Å². The summed E-state index contributed by atoms with van der Waals surface area (Å²) in [5.74, 6) is 0. The van der Waals surface area contributed by atoms with Crippen LogP contribution in [-0.4, -0.2) is 14.7 Å². The fourth-order valence-electron chi connectivity index (χ4n) is 2.23. The van der Waals surface area contributed by atoms with Crippen LogP contribution in [0.4, 0.5) is 5.69 Å². The van der Waals surface area contributed by atoms with Crippen molar-refractivity contribution in [3.63, 3.8) is 0 Å². The molecule has 0 atom stereocenters. The second-order valence-electron chi connectivity index (χ2n) is 4.82. The van der Waals surface area contributed by atoms with E-state index < -0.39 is 10.0 Å². The van der Waals surface area contributed by atoms with E-state index in [9.17, 15) is 13.2 Å². The lowest BCUT2D eigenvalue weighted by Crippen LogP contribution is -2.14. The normalized spacial score (nSPS) is 11.3. The average Bonchev–Trinajstić information content (AvgIpc) is 2.54. The number of hydrogen-bond donors (Lipinski definition) is 1. The lowest BCUT2D eigenvalue weighted by Gasteiger charge is -2.10. The number of anilines is 1. The molecule has 1 N–H and O–H groups in total. The Bertz CT molecular complexity index is 949. The average molecular weight is 311 g/mol. The Labute approximate surface area is 128 Å². The fourth-order valence-corrected chi connectivity index (χ4v) is 3.35. The van der Waals surface area contributed by atoms with E-state index in [-0.39, 0.29) is 10.6 Å². The second kappa shape index (κ2) is 5.61. The van der Waals surface area contributed by atoms with E-state index in [2.05, 4.69) is 4.72 Å². The standard InChI is InChI=1S/C17H13NO3S/c19-12-15-7-3-4-8-17(15)18-22(20,21)16-10-9-13-5-1-2-6-14(13)11-16/h1-12,18H. The summed E-state index contributed by atoms with van der Waals surface area (Å²) in [6.07, 6.45) is 0.623. The van der Waals surface area contributed by atoms with Crippen molar-refractivity contribution < 1.29 is 13.2 Å². The fraction of sp³-hybridized carbons (Fsp3) is 0. The maximum Gasteiger partial charge on any atom is 0.261 e. The highest BCUT2D eigenvalue weighted by Crippen LogP contribution is 2.22. The number of nitrogens with one attached hydrogen (secondary N) is 1. The molecular weight excluding hydrogens is 298 g/mol. The number of carbonyl (C=O) groups excluding carboxylic acids is 1. The molecular formula is C17H13NO3S. The van der Waals surface area contributed by atoms with Crippen LogP contribution in [0.2, 0.25) is 0 Å². The molecule has 0 radical (unpaired) electrons. The molecule has 0 saturated heterocycles. The van der Waals surface area contributed by atoms with Crippen LogP contribution in [0, 0.1) is 0 Å². The Hall–Kier alpha value is -2.66. The zero-order valence-electron chi connectivity index (χ0n) is 11.6. The summed E-state index contributed by atoms with van der Waals surface area (Å²) in [6.45, 7) is 0. The summed E-state index contributed by atoms with van der Waals surface area (Å²) in [6, 6.07) is 18.9. The molecule has 0 aliphatic heterocycles. The largest absolute Gasteiger partial charge is 0.298 e. The molecule has 5 heteroatoms. The van der Waals surface area contributed by atoms with E-state index in [1.54, 1.807) is 42.5 Å². The Morgan fingerprint density at radius 1 is 0.818 bits per heavy atom. The van der Waals surface area contributed by atoms with Crippen LogP contribution in [0.15, 0.2) is 71.6 Å². The van der Waals surface area contributed by atoms with Gasteiger partial charge in [-0.1, -0.05) is 42.5 Å². The van der Waals surface area contributed by atoms with Gasteiger partial charge in [-0.2, -0.15) is 0 Å². The molecule has 4 nitrogen and oxygen atoms in total. The topological polar surface area (TPSA) is 63.2 Å². The first-order valence-electron chi connectivity index (χ1n) is 6.66. The minimum atomic E-state index is -3.75. The minimum Gasteiger partial charge on any atom is -0.298 e. The molecule has 0 saturated carbocycles. The van der Waals surface area contributed by atoms with Gasteiger partial charge in [-0.15, -0.1) is 0 Å². The number of para-hydroxylation sites is 1. The SMILES string of the molecule is O=Cc1ccccc1NS(=O)(=O)c1ccc2ccccc2c1. The zero-order valence-corrected chi connectivity index (χ0v) is 12.4. The quantitative estimate of drug-likeness (QED) is 0.751. The van der Waals surface area contributed by atoms with Gasteiger partial charge in [0, 0.05) is 5.56 Å². The predicted molar refractivity (Wildman–Crippen MR) is 86.6 cm³/mol. The maximum absolute atomic E-state index is 12.5. The Balaban J connectivity index is 2.02. The number of rotatable bonds is 4. The molecule has 0 amide bonds. The number of carbonyl (C=O) groups is 1. The van der Waals surface area contributed by atoms with Crippen molar-refractivity contribution in [2.75, 3.05) is 4.72 Å². The van der Waals surface area contributed by atoms with E-state index in [0.29, 0.717) is 11.8 Å². The summed E-state index contributed by atoms with van der Waals surface area (Å²) in [4.78, 5) is 11.1. The molecule has 0 aliphatic rings. The lowest BCUT2D eigenvalue weighted by atomic mass is 10.1. The van der Waals surface area contributed by atoms with Gasteiger partial charge in [-0.3, -0.25) is 9.52 Å². The summed E-state index contributed by atoms with van der Waals surface area (Å²) in [5, 5.41) is 1.81. The molecule has 3 aromatic carbocycles. The van der Waals surface area contributed by atoms with E-state index >= 15 is 0 Å². The summed E-state index contributed by atoms with van der Waals surface area (Å²) < 4.78 is 27.4. The Morgan fingerprint density at radius 2 is 1.50 bits per heavy atom. The summed E-state index contributed by atoms with van der Waals surface area (Å²) in [7, 11) is -3.75. The van der Waals surface area contributed by atoms with Crippen molar-refractivity contribution in [2.45, 2.75) is 4.90 Å². The van der Waals surface area contributed by atoms with Crippen molar-refractivity contribution in [1.82, 2.24) is 0 Å². The highest BCUT2D eigenvalue weighted by atomic mass is 32.2. The molecule has 0 aromatic heterocycles. The molecule has 0 spiro atoms. The number of sulfonamides is 1. The van der Waals surface area contributed by atoms with Crippen LogP contribution in [0.1, 0.15) is 10.4 Å². The van der Waals surface area contributed by atoms with Crippen LogP contribution in [0.25, 0.3) is 10.8 Å². The van der Waals surface area contributed by atoms with E-state index in [4.69, 9.17) is 0 Å². The first kappa shape index (κ1) is 14.3. The van der Waals surface area contributed by atoms with Gasteiger partial charge in [0.15, 0.2) is 6.29 Å². The zero-order chi connectivity index (χ0) is 15.6. The van der Waals surface area contributed by atoms with Crippen molar-refractivity contribution in [3.8, 4) is 0 Å². The second-order valence-corrected chi connectivity index (χ2v) is 6.50. The summed E-state index contributed by atoms with van der Waals surface area (Å²) >= 11 is 0. The lowest BCUT2D eigenvalue weighted by molar-refractivity contribution is 0.112. The molecule has 0 heterocycles. The Morgan fingerprint density at radius 3 is 2.27 bits per heavy atom. The highest BCUT2D eigenvalue weighted by Gasteiger charge is 2.16. The highest BCUT2D eigenvalue weighted by molar-refractivity contribution is 7.92. The van der Waals surface area contributed by atoms with Gasteiger partial charge >= 0.3 is 0 Å². The van der Waals surface area contributed by atoms with E-state index in [0.717, 1.165) is 10.8 Å². The molecule has 0 fully saturated rings. The minimum absolute atomic E-state index is 0.159. The molecule has 0 bridgehead atoms. The van der Waals surface area contributed by atoms with Crippen LogP contribution in [0.3, 0.4) is 0 Å². The van der Waals surface area contributed by atoms with Crippen LogP contribution < -0.4 is 4.72 Å². The van der Waals surface area contributed by atoms with E-state index in [1.807, 2.05) is 24.3 Å². The smallest absolute Gasteiger partial charge is 0.261 e. The molecule has 0 aliphatic carbocycles. The third kappa shape index (κ3) is 2.71. The summed E-state index contributed by atoms with van der Waals surface area (Å²) in [5.41, 5.74) is 0.567. The molecule has 22 heavy (non-hydrogen) atoms. The number of aldehydes is 1. The third-order valence-electron chi connectivity index (χ3n) is 3.36. The monoisotopic (exact) mass is 311 g/mol. The van der Waals surface area contributed by atoms with Gasteiger partial charge in [0.05, 0.1) is 10.6 Å². The van der Waals surface area contributed by atoms with Crippen molar-refractivity contribution >= 4 is 32.8 Å². The molecule has 110 valence electrons. The molecule has 3 aromatic rings. The first-order valence-corrected chi connectivity index (χ1v) is 8.14. The van der Waals surface area contributed by atoms with Gasteiger partial charge in [0.1, 0.15) is 0 Å². The number of benzene rings is 3. The maximum atomic E-state index is 12.5. The van der Waals surface area contributed by atoms with E-state index in [1.165, 1.54) is 0 Å². The number of hydrogen-bond acceptors (Lipinski definition) is 3. The van der Waals surface area contributed by atoms with Crippen molar-refractivity contribution in [2.24, 2.45) is 0 Å². The van der Waals surface area contributed by atoms with Gasteiger partial charge in [0.25, 0.3) is 10.0 Å². The molecule has 3 rings (SSSR count). The van der Waals surface area contributed by atoms with Crippen molar-refractivity contribution in [3.05, 3.63) is 72.3 Å². The number of fused-ring (bicyclic) bond motifs is 1. The van der Waals surface area contributed by atoms with Crippen LogP contribution >= 0.6 is 0 Å². The molecule has 0 unspecified atom stereocenters. The Kier molecular flexibility index (Phi) is 3.65. The van der Waals surface area contributed by atoms with Crippen molar-refractivity contribution in [1.29, 1.82) is 0 Å². The van der Waals surface area contributed by atoms with Gasteiger partial charge in [0.2, 0.25) is 0 Å². The predicted octanol–water partition coefficient (Wildman–Crippen LogP) is 3.45. The van der Waals surface area contributed by atoms with Gasteiger partial charge in [-0.05, 0) is 35.0 Å².